The van der Waals surface area contributed by atoms with E-state index in [1.165, 1.54) is 0 Å². The molecule has 0 aromatic heterocycles. The first-order valence-corrected chi connectivity index (χ1v) is 5.25. The normalized spacial score (nSPS) is 12.9. The van der Waals surface area contributed by atoms with Gasteiger partial charge in [-0.05, 0) is 19.9 Å². The molecule has 0 aliphatic rings. The summed E-state index contributed by atoms with van der Waals surface area (Å²) >= 11 is 0. The third kappa shape index (κ3) is 3.22. The first-order chi connectivity index (χ1) is 7.19. The molecule has 84 valence electrons. The second kappa shape index (κ2) is 5.73. The van der Waals surface area contributed by atoms with Gasteiger partial charge in [0, 0.05) is 18.0 Å². The van der Waals surface area contributed by atoms with E-state index in [2.05, 4.69) is 0 Å². The van der Waals surface area contributed by atoms with Crippen molar-refractivity contribution in [1.82, 2.24) is 0 Å². The molecule has 0 aliphatic carbocycles. The Morgan fingerprint density at radius 2 is 2.00 bits per heavy atom. The van der Waals surface area contributed by atoms with Crippen LogP contribution in [0.2, 0.25) is 0 Å². The van der Waals surface area contributed by atoms with Crippen molar-refractivity contribution in [2.24, 2.45) is 5.73 Å². The second-order valence-electron chi connectivity index (χ2n) is 3.82. The number of hydrogen-bond acceptors (Lipinski definition) is 3. The van der Waals surface area contributed by atoms with Crippen LogP contribution in [0.15, 0.2) is 24.3 Å². The summed E-state index contributed by atoms with van der Waals surface area (Å²) in [5.74, 6) is 0.775. The van der Waals surface area contributed by atoms with Gasteiger partial charge in [0.25, 0.3) is 0 Å². The van der Waals surface area contributed by atoms with E-state index < -0.39 is 0 Å². The smallest absolute Gasteiger partial charge is 0.123 e. The summed E-state index contributed by atoms with van der Waals surface area (Å²) in [5.41, 5.74) is 6.58. The monoisotopic (exact) mass is 209 g/mol. The molecule has 1 rings (SSSR count). The van der Waals surface area contributed by atoms with Crippen LogP contribution in [0.5, 0.6) is 5.75 Å². The highest BCUT2D eigenvalue weighted by Gasteiger charge is 2.14. The maximum Gasteiger partial charge on any atom is 0.123 e. The largest absolute Gasteiger partial charge is 0.491 e. The van der Waals surface area contributed by atoms with Crippen LogP contribution in [-0.2, 0) is 0 Å². The van der Waals surface area contributed by atoms with Crippen LogP contribution in [0.25, 0.3) is 0 Å². The molecule has 15 heavy (non-hydrogen) atoms. The van der Waals surface area contributed by atoms with E-state index in [-0.39, 0.29) is 18.6 Å². The van der Waals surface area contributed by atoms with Crippen molar-refractivity contribution in [2.45, 2.75) is 25.9 Å². The van der Waals surface area contributed by atoms with Crippen molar-refractivity contribution in [3.05, 3.63) is 29.8 Å². The molecule has 1 unspecified atom stereocenters. The number of hydrogen-bond donors (Lipinski definition) is 2. The molecule has 0 heterocycles. The molecule has 0 radical (unpaired) electrons. The van der Waals surface area contributed by atoms with Gasteiger partial charge in [-0.15, -0.1) is 0 Å². The quantitative estimate of drug-likeness (QED) is 0.772. The maximum absolute atomic E-state index is 9.20. The van der Waals surface area contributed by atoms with Gasteiger partial charge in [-0.2, -0.15) is 0 Å². The fourth-order valence-electron chi connectivity index (χ4n) is 1.48. The number of ether oxygens (including phenoxy) is 1. The van der Waals surface area contributed by atoms with Gasteiger partial charge in [-0.25, -0.2) is 0 Å². The number of benzene rings is 1. The number of para-hydroxylation sites is 1. The Hall–Kier alpha value is -1.06. The molecule has 3 N–H and O–H groups in total. The van der Waals surface area contributed by atoms with Gasteiger partial charge in [0.15, 0.2) is 0 Å². The fourth-order valence-corrected chi connectivity index (χ4v) is 1.48. The Morgan fingerprint density at radius 1 is 1.33 bits per heavy atom. The first-order valence-electron chi connectivity index (χ1n) is 5.25. The summed E-state index contributed by atoms with van der Waals surface area (Å²) in [6, 6.07) is 7.71. The van der Waals surface area contributed by atoms with Gasteiger partial charge >= 0.3 is 0 Å². The number of rotatable bonds is 5. The summed E-state index contributed by atoms with van der Waals surface area (Å²) < 4.78 is 5.66. The average molecular weight is 209 g/mol. The molecule has 3 heteroatoms. The topological polar surface area (TPSA) is 55.5 Å². The highest BCUT2D eigenvalue weighted by molar-refractivity contribution is 5.36. The van der Waals surface area contributed by atoms with E-state index in [1.54, 1.807) is 0 Å². The minimum atomic E-state index is -0.0417. The van der Waals surface area contributed by atoms with Gasteiger partial charge in [0.2, 0.25) is 0 Å². The molecule has 0 aliphatic heterocycles. The molecule has 1 aromatic carbocycles. The fraction of sp³-hybridized carbons (Fsp3) is 0.500. The highest BCUT2D eigenvalue weighted by atomic mass is 16.5. The third-order valence-corrected chi connectivity index (χ3v) is 2.23. The van der Waals surface area contributed by atoms with E-state index in [9.17, 15) is 5.11 Å². The van der Waals surface area contributed by atoms with Crippen molar-refractivity contribution in [1.29, 1.82) is 0 Å². The number of aliphatic hydroxyl groups is 1. The van der Waals surface area contributed by atoms with Crippen LogP contribution >= 0.6 is 0 Å². The van der Waals surface area contributed by atoms with Gasteiger partial charge in [-0.1, -0.05) is 18.2 Å². The summed E-state index contributed by atoms with van der Waals surface area (Å²) in [5, 5.41) is 9.20. The summed E-state index contributed by atoms with van der Waals surface area (Å²) in [7, 11) is 0. The third-order valence-electron chi connectivity index (χ3n) is 2.23. The van der Waals surface area contributed by atoms with Gasteiger partial charge in [0.1, 0.15) is 5.75 Å². The molecule has 3 nitrogen and oxygen atoms in total. The lowest BCUT2D eigenvalue weighted by Gasteiger charge is -2.18. The molecule has 0 amide bonds. The van der Waals surface area contributed by atoms with Crippen LogP contribution in [0.4, 0.5) is 0 Å². The van der Waals surface area contributed by atoms with Crippen LogP contribution in [-0.4, -0.2) is 24.4 Å². The average Bonchev–Trinajstić information content (AvgIpc) is 2.21. The summed E-state index contributed by atoms with van der Waals surface area (Å²) in [4.78, 5) is 0. The summed E-state index contributed by atoms with van der Waals surface area (Å²) in [6.07, 6.45) is 0.128. The molecule has 0 saturated heterocycles. The van der Waals surface area contributed by atoms with E-state index in [1.807, 2.05) is 38.1 Å². The molecule has 0 bridgehead atoms. The predicted molar refractivity (Wildman–Crippen MR) is 61.1 cm³/mol. The lowest BCUT2D eigenvalue weighted by molar-refractivity contribution is 0.229. The van der Waals surface area contributed by atoms with E-state index in [4.69, 9.17) is 10.5 Å². The molecule has 1 atom stereocenters. The van der Waals surface area contributed by atoms with Gasteiger partial charge in [-0.3, -0.25) is 0 Å². The van der Waals surface area contributed by atoms with Crippen LogP contribution in [0.3, 0.4) is 0 Å². The van der Waals surface area contributed by atoms with Crippen molar-refractivity contribution in [3.8, 4) is 5.75 Å². The zero-order chi connectivity index (χ0) is 11.3. The Morgan fingerprint density at radius 3 is 2.53 bits per heavy atom. The van der Waals surface area contributed by atoms with Crippen LogP contribution in [0, 0.1) is 0 Å². The Kier molecular flexibility index (Phi) is 4.59. The van der Waals surface area contributed by atoms with E-state index >= 15 is 0 Å². The van der Waals surface area contributed by atoms with Crippen LogP contribution < -0.4 is 10.5 Å². The Balaban J connectivity index is 2.94. The second-order valence-corrected chi connectivity index (χ2v) is 3.82. The summed E-state index contributed by atoms with van der Waals surface area (Å²) in [6.45, 7) is 4.43. The standard InChI is InChI=1S/C12H19NO2/c1-9(2)15-12-6-4-3-5-11(12)10(7-13)8-14/h3-6,9-10,14H,7-8,13H2,1-2H3. The number of nitrogens with two attached hydrogens (primary N) is 1. The van der Waals surface area contributed by atoms with Gasteiger partial charge in [0.05, 0.1) is 12.7 Å². The first kappa shape index (κ1) is 12.0. The highest BCUT2D eigenvalue weighted by Crippen LogP contribution is 2.26. The molecule has 0 spiro atoms. The Bertz CT molecular complexity index is 295. The lowest BCUT2D eigenvalue weighted by Crippen LogP contribution is -2.18. The molecular weight excluding hydrogens is 190 g/mol. The van der Waals surface area contributed by atoms with Crippen LogP contribution in [0.1, 0.15) is 25.3 Å². The minimum absolute atomic E-state index is 0.0417. The van der Waals surface area contributed by atoms with Crippen molar-refractivity contribution < 1.29 is 9.84 Å². The molecular formula is C12H19NO2. The minimum Gasteiger partial charge on any atom is -0.491 e. The van der Waals surface area contributed by atoms with Gasteiger partial charge < -0.3 is 15.6 Å². The molecule has 0 fully saturated rings. The predicted octanol–water partition coefficient (Wildman–Crippen LogP) is 1.51. The SMILES string of the molecule is CC(C)Oc1ccccc1C(CN)CO. The van der Waals surface area contributed by atoms with Crippen molar-refractivity contribution >= 4 is 0 Å². The molecule has 1 aromatic rings. The zero-order valence-electron chi connectivity index (χ0n) is 9.31. The lowest BCUT2D eigenvalue weighted by atomic mass is 9.99. The van der Waals surface area contributed by atoms with Crippen molar-refractivity contribution in [3.63, 3.8) is 0 Å². The maximum atomic E-state index is 9.20. The van der Waals surface area contributed by atoms with E-state index in [0.717, 1.165) is 11.3 Å². The zero-order valence-corrected chi connectivity index (χ0v) is 9.31. The van der Waals surface area contributed by atoms with E-state index in [0.29, 0.717) is 6.54 Å². The Labute approximate surface area is 90.9 Å². The molecule has 0 saturated carbocycles. The number of aliphatic hydroxyl groups excluding tert-OH is 1. The van der Waals surface area contributed by atoms with Crippen molar-refractivity contribution in [2.75, 3.05) is 13.2 Å².